The van der Waals surface area contributed by atoms with Crippen molar-refractivity contribution in [2.45, 2.75) is 64.5 Å². The van der Waals surface area contributed by atoms with Crippen LogP contribution in [0.5, 0.6) is 0 Å². The number of hydrogen-bond donors (Lipinski definition) is 0. The molecule has 0 bridgehead atoms. The zero-order valence-corrected chi connectivity index (χ0v) is 21.9. The number of imidazole rings is 1. The minimum absolute atomic E-state index is 0.0241. The minimum Gasteiger partial charge on any atom is -0.370 e. The number of carbonyl (C=O) groups excluding carboxylic acids is 1. The Morgan fingerprint density at radius 1 is 1.00 bits per heavy atom. The fourth-order valence-corrected chi connectivity index (χ4v) is 5.68. The van der Waals surface area contributed by atoms with Gasteiger partial charge in [-0.1, -0.05) is 6.07 Å². The smallest absolute Gasteiger partial charge is 0.260 e. The Kier molecular flexibility index (Phi) is 5.52. The van der Waals surface area contributed by atoms with Crippen LogP contribution < -0.4 is 9.80 Å². The summed E-state index contributed by atoms with van der Waals surface area (Å²) >= 11 is 0. The van der Waals surface area contributed by atoms with Crippen LogP contribution in [0.4, 0.5) is 11.5 Å². The number of hydrogen-bond acceptors (Lipinski definition) is 6. The van der Waals surface area contributed by atoms with Crippen molar-refractivity contribution in [3.8, 4) is 17.2 Å². The standard InChI is InChI=1S/C29H32N8O/c1-19(2)37-18-31-33-28(37)23-7-6-8-27(32-23)36-15-21-13-25(34-11-4-3-5-12-34)26(14-22(21)29(36)38)35-16-24(30-17-35)20-9-10-20/h6-8,13-14,16-20H,3-5,9-12,15H2,1-2H3. The van der Waals surface area contributed by atoms with Crippen LogP contribution in [0, 0.1) is 0 Å². The van der Waals surface area contributed by atoms with Crippen molar-refractivity contribution >= 4 is 17.4 Å². The molecule has 1 aliphatic carbocycles. The van der Waals surface area contributed by atoms with Crippen LogP contribution in [-0.2, 0) is 6.54 Å². The van der Waals surface area contributed by atoms with E-state index in [2.05, 4.69) is 51.8 Å². The Balaban J connectivity index is 1.26. The lowest BCUT2D eigenvalue weighted by Crippen LogP contribution is -2.30. The number of fused-ring (bicyclic) bond motifs is 1. The monoisotopic (exact) mass is 508 g/mol. The predicted molar refractivity (Wildman–Crippen MR) is 146 cm³/mol. The number of pyridine rings is 1. The fourth-order valence-electron chi connectivity index (χ4n) is 5.68. The number of piperidine rings is 1. The van der Waals surface area contributed by atoms with Gasteiger partial charge in [0.15, 0.2) is 5.82 Å². The molecule has 3 aromatic heterocycles. The summed E-state index contributed by atoms with van der Waals surface area (Å²) in [6, 6.07) is 10.3. The van der Waals surface area contributed by atoms with E-state index in [9.17, 15) is 4.79 Å². The van der Waals surface area contributed by atoms with Gasteiger partial charge < -0.3 is 14.0 Å². The third-order valence-electron chi connectivity index (χ3n) is 7.95. The van der Waals surface area contributed by atoms with Gasteiger partial charge in [0.05, 0.1) is 29.9 Å². The van der Waals surface area contributed by atoms with Gasteiger partial charge >= 0.3 is 0 Å². The van der Waals surface area contributed by atoms with Crippen molar-refractivity contribution in [2.75, 3.05) is 22.9 Å². The van der Waals surface area contributed by atoms with E-state index >= 15 is 0 Å². The molecule has 9 nitrogen and oxygen atoms in total. The third kappa shape index (κ3) is 3.97. The minimum atomic E-state index is -0.0241. The normalized spacial score (nSPS) is 17.5. The van der Waals surface area contributed by atoms with Crippen LogP contribution in [0.15, 0.2) is 49.2 Å². The Hall–Kier alpha value is -4.01. The fraction of sp³-hybridized carbons (Fsp3) is 0.414. The van der Waals surface area contributed by atoms with E-state index in [1.165, 1.54) is 37.8 Å². The maximum atomic E-state index is 13.8. The van der Waals surface area contributed by atoms with Crippen LogP contribution in [0.3, 0.4) is 0 Å². The summed E-state index contributed by atoms with van der Waals surface area (Å²) in [6.45, 7) is 6.74. The molecule has 1 aromatic carbocycles. The Morgan fingerprint density at radius 3 is 2.63 bits per heavy atom. The molecule has 2 aliphatic heterocycles. The largest absolute Gasteiger partial charge is 0.370 e. The highest BCUT2D eigenvalue weighted by Gasteiger charge is 2.33. The second kappa shape index (κ2) is 9.08. The van der Waals surface area contributed by atoms with Gasteiger partial charge in [0.1, 0.15) is 17.8 Å². The molecule has 4 aromatic rings. The summed E-state index contributed by atoms with van der Waals surface area (Å²) in [7, 11) is 0. The first-order valence-corrected chi connectivity index (χ1v) is 13.7. The quantitative estimate of drug-likeness (QED) is 0.359. The van der Waals surface area contributed by atoms with E-state index in [0.29, 0.717) is 29.8 Å². The summed E-state index contributed by atoms with van der Waals surface area (Å²) in [5.74, 6) is 1.89. The first-order valence-electron chi connectivity index (χ1n) is 13.7. The molecule has 38 heavy (non-hydrogen) atoms. The molecule has 0 radical (unpaired) electrons. The lowest BCUT2D eigenvalue weighted by Gasteiger charge is -2.31. The highest BCUT2D eigenvalue weighted by molar-refractivity contribution is 6.10. The number of benzene rings is 1. The summed E-state index contributed by atoms with van der Waals surface area (Å²) < 4.78 is 4.11. The SMILES string of the molecule is CC(C)n1cnnc1-c1cccc(N2Cc3cc(N4CCCCC4)c(-n4cnc(C5CC5)c4)cc3C2=O)n1. The highest BCUT2D eigenvalue weighted by atomic mass is 16.2. The van der Waals surface area contributed by atoms with Crippen LogP contribution >= 0.6 is 0 Å². The summed E-state index contributed by atoms with van der Waals surface area (Å²) in [5.41, 5.74) is 5.85. The molecule has 1 saturated heterocycles. The van der Waals surface area contributed by atoms with E-state index in [1.807, 2.05) is 29.1 Å². The number of aromatic nitrogens is 6. The molecule has 5 heterocycles. The van der Waals surface area contributed by atoms with Gasteiger partial charge in [-0.05, 0) is 75.8 Å². The van der Waals surface area contributed by atoms with Gasteiger partial charge in [-0.25, -0.2) is 9.97 Å². The van der Waals surface area contributed by atoms with Crippen molar-refractivity contribution in [3.05, 3.63) is 66.0 Å². The first kappa shape index (κ1) is 23.1. The predicted octanol–water partition coefficient (Wildman–Crippen LogP) is 5.13. The van der Waals surface area contributed by atoms with Gasteiger partial charge in [0, 0.05) is 36.8 Å². The molecular weight excluding hydrogens is 476 g/mol. The molecule has 0 unspecified atom stereocenters. The molecule has 7 rings (SSSR count). The highest BCUT2D eigenvalue weighted by Crippen LogP contribution is 2.41. The summed E-state index contributed by atoms with van der Waals surface area (Å²) in [6.07, 6.45) is 11.9. The van der Waals surface area contributed by atoms with Crippen LogP contribution in [0.25, 0.3) is 17.2 Å². The number of carbonyl (C=O) groups is 1. The van der Waals surface area contributed by atoms with Crippen LogP contribution in [0.1, 0.15) is 79.5 Å². The maximum absolute atomic E-state index is 13.8. The number of rotatable bonds is 6. The lowest BCUT2D eigenvalue weighted by molar-refractivity contribution is 0.0996. The van der Waals surface area contributed by atoms with Gasteiger partial charge in [0.2, 0.25) is 0 Å². The van der Waals surface area contributed by atoms with E-state index < -0.39 is 0 Å². The molecule has 0 atom stereocenters. The topological polar surface area (TPSA) is 85.0 Å². The zero-order chi connectivity index (χ0) is 25.8. The lowest BCUT2D eigenvalue weighted by atomic mass is 10.0. The second-order valence-electron chi connectivity index (χ2n) is 11.0. The maximum Gasteiger partial charge on any atom is 0.260 e. The molecule has 2 fully saturated rings. The molecule has 9 heteroatoms. The molecule has 3 aliphatic rings. The van der Waals surface area contributed by atoms with E-state index in [0.717, 1.165) is 35.6 Å². The Morgan fingerprint density at radius 2 is 1.84 bits per heavy atom. The number of nitrogens with zero attached hydrogens (tertiary/aromatic N) is 8. The van der Waals surface area contributed by atoms with Crippen LogP contribution in [-0.4, -0.2) is 48.3 Å². The van der Waals surface area contributed by atoms with Gasteiger partial charge in [-0.2, -0.15) is 0 Å². The number of anilines is 2. The Bertz CT molecular complexity index is 1510. The summed E-state index contributed by atoms with van der Waals surface area (Å²) in [5, 5.41) is 8.38. The average molecular weight is 509 g/mol. The Labute approximate surface area is 222 Å². The zero-order valence-electron chi connectivity index (χ0n) is 21.9. The van der Waals surface area contributed by atoms with E-state index in [-0.39, 0.29) is 11.9 Å². The van der Waals surface area contributed by atoms with Crippen molar-refractivity contribution in [1.29, 1.82) is 0 Å². The van der Waals surface area contributed by atoms with Gasteiger partial charge in [-0.3, -0.25) is 9.69 Å². The van der Waals surface area contributed by atoms with Crippen LogP contribution in [0.2, 0.25) is 0 Å². The first-order chi connectivity index (χ1) is 18.6. The van der Waals surface area contributed by atoms with E-state index in [4.69, 9.17) is 9.97 Å². The third-order valence-corrected chi connectivity index (χ3v) is 7.95. The van der Waals surface area contributed by atoms with Crippen molar-refractivity contribution in [1.82, 2.24) is 29.3 Å². The van der Waals surface area contributed by atoms with Crippen molar-refractivity contribution in [3.63, 3.8) is 0 Å². The number of amides is 1. The van der Waals surface area contributed by atoms with Crippen molar-refractivity contribution in [2.24, 2.45) is 0 Å². The summed E-state index contributed by atoms with van der Waals surface area (Å²) in [4.78, 5) is 27.6. The molecule has 194 valence electrons. The van der Waals surface area contributed by atoms with E-state index in [1.54, 1.807) is 11.2 Å². The molecule has 0 N–H and O–H groups in total. The van der Waals surface area contributed by atoms with Gasteiger partial charge in [0.25, 0.3) is 5.91 Å². The molecular formula is C29H32N8O. The molecule has 0 spiro atoms. The van der Waals surface area contributed by atoms with Crippen molar-refractivity contribution < 1.29 is 4.79 Å². The average Bonchev–Trinajstić information content (AvgIpc) is 3.34. The van der Waals surface area contributed by atoms with Gasteiger partial charge in [-0.15, -0.1) is 10.2 Å². The molecule has 1 saturated carbocycles. The second-order valence-corrected chi connectivity index (χ2v) is 11.0. The molecule has 1 amide bonds.